The van der Waals surface area contributed by atoms with Crippen LogP contribution < -0.4 is 5.32 Å². The number of phenols is 1. The van der Waals surface area contributed by atoms with E-state index in [9.17, 15) is 14.7 Å². The van der Waals surface area contributed by atoms with E-state index in [0.717, 1.165) is 5.56 Å². The number of nitrogens with one attached hydrogen (secondary N) is 1. The Kier molecular flexibility index (Phi) is 5.18. The largest absolute Gasteiger partial charge is 0.507 e. The summed E-state index contributed by atoms with van der Waals surface area (Å²) in [5.74, 6) is -1.23. The molecule has 2 N–H and O–H groups in total. The van der Waals surface area contributed by atoms with Gasteiger partial charge >= 0.3 is 5.97 Å². The molecule has 2 rings (SSSR count). The molecule has 0 saturated heterocycles. The van der Waals surface area contributed by atoms with Crippen LogP contribution in [0, 0.1) is 6.92 Å². The molecule has 1 atom stereocenters. The van der Waals surface area contributed by atoms with E-state index in [0.29, 0.717) is 10.8 Å². The number of aromatic nitrogens is 1. The van der Waals surface area contributed by atoms with Crippen LogP contribution in [0.15, 0.2) is 36.5 Å². The Labute approximate surface area is 138 Å². The summed E-state index contributed by atoms with van der Waals surface area (Å²) in [6, 6.07) is 7.65. The van der Waals surface area contributed by atoms with E-state index in [2.05, 4.69) is 10.3 Å². The number of rotatable bonds is 4. The van der Waals surface area contributed by atoms with Crippen molar-refractivity contribution in [2.45, 2.75) is 20.0 Å². The third-order valence-corrected chi connectivity index (χ3v) is 3.23. The first-order chi connectivity index (χ1) is 10.9. The quantitative estimate of drug-likeness (QED) is 0.839. The minimum absolute atomic E-state index is 0.00858. The number of carbonyl (C=O) groups is 2. The molecule has 2 aromatic rings. The molecule has 0 spiro atoms. The lowest BCUT2D eigenvalue weighted by molar-refractivity contribution is -0.123. The maximum absolute atomic E-state index is 12.0. The van der Waals surface area contributed by atoms with Crippen molar-refractivity contribution < 1.29 is 19.4 Å². The van der Waals surface area contributed by atoms with Gasteiger partial charge in [0.25, 0.3) is 5.91 Å². The fraction of sp³-hybridized carbons (Fsp3) is 0.188. The Morgan fingerprint density at radius 3 is 2.70 bits per heavy atom. The monoisotopic (exact) mass is 334 g/mol. The van der Waals surface area contributed by atoms with Crippen LogP contribution in [0.25, 0.3) is 0 Å². The van der Waals surface area contributed by atoms with Gasteiger partial charge in [-0.15, -0.1) is 0 Å². The number of benzene rings is 1. The third kappa shape index (κ3) is 4.43. The van der Waals surface area contributed by atoms with Crippen molar-refractivity contribution in [2.24, 2.45) is 0 Å². The highest BCUT2D eigenvalue weighted by atomic mass is 35.5. The Morgan fingerprint density at radius 1 is 1.30 bits per heavy atom. The predicted octanol–water partition coefficient (Wildman–Crippen LogP) is 2.93. The highest BCUT2D eigenvalue weighted by Crippen LogP contribution is 2.20. The van der Waals surface area contributed by atoms with Crippen LogP contribution in [0.4, 0.5) is 5.82 Å². The minimum Gasteiger partial charge on any atom is -0.507 e. The second-order valence-electron chi connectivity index (χ2n) is 4.92. The van der Waals surface area contributed by atoms with Crippen molar-refractivity contribution in [3.05, 3.63) is 52.7 Å². The van der Waals surface area contributed by atoms with Gasteiger partial charge in [0, 0.05) is 6.20 Å². The zero-order valence-electron chi connectivity index (χ0n) is 12.5. The van der Waals surface area contributed by atoms with Gasteiger partial charge < -0.3 is 15.2 Å². The lowest BCUT2D eigenvalue weighted by atomic mass is 10.1. The summed E-state index contributed by atoms with van der Waals surface area (Å²) in [6.07, 6.45) is 0.332. The van der Waals surface area contributed by atoms with Gasteiger partial charge in [-0.3, -0.25) is 4.79 Å². The molecule has 0 saturated carbocycles. The van der Waals surface area contributed by atoms with E-state index in [1.807, 2.05) is 0 Å². The Balaban J connectivity index is 2.01. The van der Waals surface area contributed by atoms with Crippen LogP contribution in [0.2, 0.25) is 5.02 Å². The third-order valence-electron chi connectivity index (χ3n) is 3.00. The summed E-state index contributed by atoms with van der Waals surface area (Å²) in [5, 5.41) is 12.6. The van der Waals surface area contributed by atoms with Gasteiger partial charge in [-0.05, 0) is 38.1 Å². The van der Waals surface area contributed by atoms with E-state index in [1.54, 1.807) is 19.1 Å². The molecule has 0 bridgehead atoms. The van der Waals surface area contributed by atoms with Crippen LogP contribution in [-0.4, -0.2) is 28.1 Å². The molecule has 0 unspecified atom stereocenters. The number of carbonyl (C=O) groups excluding carboxylic acids is 2. The van der Waals surface area contributed by atoms with Gasteiger partial charge in [-0.1, -0.05) is 23.2 Å². The number of ether oxygens (including phenoxy) is 1. The van der Waals surface area contributed by atoms with E-state index >= 15 is 0 Å². The average Bonchev–Trinajstić information content (AvgIpc) is 2.51. The maximum atomic E-state index is 12.0. The van der Waals surface area contributed by atoms with Crippen molar-refractivity contribution in [2.75, 3.05) is 5.32 Å². The van der Waals surface area contributed by atoms with Crippen LogP contribution in [0.5, 0.6) is 5.75 Å². The molecule has 1 aromatic carbocycles. The number of amides is 1. The van der Waals surface area contributed by atoms with Gasteiger partial charge in [0.2, 0.25) is 0 Å². The Morgan fingerprint density at radius 2 is 2.04 bits per heavy atom. The summed E-state index contributed by atoms with van der Waals surface area (Å²) in [7, 11) is 0. The normalized spacial score (nSPS) is 11.6. The number of hydrogen-bond acceptors (Lipinski definition) is 5. The summed E-state index contributed by atoms with van der Waals surface area (Å²) >= 11 is 5.71. The van der Waals surface area contributed by atoms with Gasteiger partial charge in [-0.25, -0.2) is 9.78 Å². The van der Waals surface area contributed by atoms with Crippen molar-refractivity contribution in [1.82, 2.24) is 4.98 Å². The van der Waals surface area contributed by atoms with E-state index in [-0.39, 0.29) is 11.3 Å². The molecule has 7 heteroatoms. The molecule has 1 aromatic heterocycles. The molecule has 0 aliphatic rings. The van der Waals surface area contributed by atoms with Crippen molar-refractivity contribution >= 4 is 29.3 Å². The molecule has 1 amide bonds. The number of phenolic OH excluding ortho intramolecular Hbond substituents is 1. The number of anilines is 1. The van der Waals surface area contributed by atoms with Gasteiger partial charge in [0.05, 0.1) is 5.02 Å². The van der Waals surface area contributed by atoms with Crippen molar-refractivity contribution in [1.29, 1.82) is 0 Å². The van der Waals surface area contributed by atoms with Gasteiger partial charge in [0.15, 0.2) is 6.10 Å². The maximum Gasteiger partial charge on any atom is 0.342 e. The molecule has 120 valence electrons. The summed E-state index contributed by atoms with van der Waals surface area (Å²) in [5.41, 5.74) is 0.798. The first-order valence-corrected chi connectivity index (χ1v) is 7.17. The lowest BCUT2D eigenvalue weighted by Gasteiger charge is -2.14. The molecule has 6 nitrogen and oxygen atoms in total. The van der Waals surface area contributed by atoms with E-state index in [1.165, 1.54) is 31.3 Å². The lowest BCUT2D eigenvalue weighted by Crippen LogP contribution is -2.30. The number of pyridine rings is 1. The molecule has 0 radical (unpaired) electrons. The SMILES string of the molecule is Cc1ccc(O)c(C(=O)O[C@H](C)C(=O)Nc2ccc(Cl)cn2)c1. The van der Waals surface area contributed by atoms with Crippen LogP contribution in [-0.2, 0) is 9.53 Å². The van der Waals surface area contributed by atoms with Gasteiger partial charge in [0.1, 0.15) is 17.1 Å². The standard InChI is InChI=1S/C16H15ClN2O4/c1-9-3-5-13(20)12(7-9)16(22)23-10(2)15(21)19-14-6-4-11(17)8-18-14/h3-8,10,20H,1-2H3,(H,18,19,21)/t10-/m1/s1. The van der Waals surface area contributed by atoms with Crippen LogP contribution in [0.1, 0.15) is 22.8 Å². The van der Waals surface area contributed by atoms with E-state index in [4.69, 9.17) is 16.3 Å². The molecule has 0 aliphatic carbocycles. The number of aromatic hydroxyl groups is 1. The molecule has 0 aliphatic heterocycles. The second kappa shape index (κ2) is 7.11. The number of esters is 1. The number of nitrogens with zero attached hydrogens (tertiary/aromatic N) is 1. The molecule has 1 heterocycles. The topological polar surface area (TPSA) is 88.5 Å². The van der Waals surface area contributed by atoms with Crippen LogP contribution in [0.3, 0.4) is 0 Å². The highest BCUT2D eigenvalue weighted by molar-refractivity contribution is 6.30. The van der Waals surface area contributed by atoms with Gasteiger partial charge in [-0.2, -0.15) is 0 Å². The first-order valence-electron chi connectivity index (χ1n) is 6.80. The molecule has 23 heavy (non-hydrogen) atoms. The Bertz CT molecular complexity index is 731. The number of aryl methyl sites for hydroxylation is 1. The summed E-state index contributed by atoms with van der Waals surface area (Å²) in [4.78, 5) is 27.9. The summed E-state index contributed by atoms with van der Waals surface area (Å²) < 4.78 is 5.07. The molecular weight excluding hydrogens is 320 g/mol. The average molecular weight is 335 g/mol. The smallest absolute Gasteiger partial charge is 0.342 e. The summed E-state index contributed by atoms with van der Waals surface area (Å²) in [6.45, 7) is 3.20. The zero-order valence-corrected chi connectivity index (χ0v) is 13.3. The number of halogens is 1. The van der Waals surface area contributed by atoms with E-state index < -0.39 is 18.0 Å². The highest BCUT2D eigenvalue weighted by Gasteiger charge is 2.21. The first kappa shape index (κ1) is 16.8. The zero-order chi connectivity index (χ0) is 17.0. The molecular formula is C16H15ClN2O4. The fourth-order valence-corrected chi connectivity index (χ4v) is 1.88. The predicted molar refractivity (Wildman–Crippen MR) is 85.6 cm³/mol. The van der Waals surface area contributed by atoms with Crippen LogP contribution >= 0.6 is 11.6 Å². The van der Waals surface area contributed by atoms with Crippen molar-refractivity contribution in [3.63, 3.8) is 0 Å². The van der Waals surface area contributed by atoms with Crippen molar-refractivity contribution in [3.8, 4) is 5.75 Å². The minimum atomic E-state index is -1.06. The number of hydrogen-bond donors (Lipinski definition) is 2. The second-order valence-corrected chi connectivity index (χ2v) is 5.36. The Hall–Kier alpha value is -2.60. The fourth-order valence-electron chi connectivity index (χ4n) is 1.77. The molecule has 0 fully saturated rings.